The van der Waals surface area contributed by atoms with Crippen molar-refractivity contribution in [1.29, 1.82) is 0 Å². The van der Waals surface area contributed by atoms with Crippen LogP contribution in [0.3, 0.4) is 0 Å². The number of benzene rings is 1. The molecule has 0 atom stereocenters. The number of hydrogen-bond acceptors (Lipinski definition) is 3. The minimum atomic E-state index is -1.15. The molecule has 1 heterocycles. The maximum atomic E-state index is 12.1. The van der Waals surface area contributed by atoms with Gasteiger partial charge in [0, 0.05) is 18.2 Å². The van der Waals surface area contributed by atoms with Crippen LogP contribution in [0, 0.1) is 6.92 Å². The van der Waals surface area contributed by atoms with E-state index in [0.29, 0.717) is 12.2 Å². The number of nitrogens with zero attached hydrogens (tertiary/aromatic N) is 1. The van der Waals surface area contributed by atoms with Gasteiger partial charge in [-0.1, -0.05) is 11.6 Å². The summed E-state index contributed by atoms with van der Waals surface area (Å²) in [5, 5.41) is 11.9. The van der Waals surface area contributed by atoms with Gasteiger partial charge in [-0.05, 0) is 18.6 Å². The Hall–Kier alpha value is -2.60. The van der Waals surface area contributed by atoms with Crippen molar-refractivity contribution >= 4 is 29.2 Å². The molecule has 1 aromatic heterocycles. The summed E-state index contributed by atoms with van der Waals surface area (Å²) in [7, 11) is 1.36. The van der Waals surface area contributed by atoms with Crippen molar-refractivity contribution < 1.29 is 24.0 Å². The Kier molecular flexibility index (Phi) is 5.76. The average molecular weight is 350 g/mol. The van der Waals surface area contributed by atoms with Crippen LogP contribution in [0.5, 0.6) is 5.75 Å². The number of methoxy groups -OCH3 is 1. The van der Waals surface area contributed by atoms with E-state index in [1.165, 1.54) is 19.2 Å². The first-order valence-corrected chi connectivity index (χ1v) is 7.65. The number of carboxylic acid groups (broad SMARTS) is 1. The third kappa shape index (κ3) is 4.45. The Balaban J connectivity index is 2.05. The highest BCUT2D eigenvalue weighted by atomic mass is 35.5. The zero-order chi connectivity index (χ0) is 17.7. The molecule has 0 radical (unpaired) electrons. The first-order valence-electron chi connectivity index (χ1n) is 7.27. The van der Waals surface area contributed by atoms with Crippen molar-refractivity contribution in [3.05, 3.63) is 52.8 Å². The quantitative estimate of drug-likeness (QED) is 0.786. The molecule has 0 saturated heterocycles. The molecule has 0 spiro atoms. The molecule has 2 aromatic rings. The lowest BCUT2D eigenvalue weighted by Crippen LogP contribution is -2.34. The Morgan fingerprint density at radius 3 is 2.54 bits per heavy atom. The Bertz CT molecular complexity index is 760. The molecular weight excluding hydrogens is 332 g/mol. The standard InChI is InChI=1S/C17H17ClN2O4/c1-11-3-6-20(7-4-11)8-5-16(21)19-14-10-15(24-2)12(17(22)23)9-13(14)18/h3-4,6-7,9-10H,5,8H2,1-2H3,(H-,19,21,22,23)/p+1. The van der Waals surface area contributed by atoms with Gasteiger partial charge in [0.25, 0.3) is 0 Å². The molecule has 1 amide bonds. The second-order valence-electron chi connectivity index (χ2n) is 5.25. The number of carboxylic acids is 1. The van der Waals surface area contributed by atoms with Crippen LogP contribution in [-0.2, 0) is 11.3 Å². The Morgan fingerprint density at radius 2 is 1.96 bits per heavy atom. The highest BCUT2D eigenvalue weighted by Crippen LogP contribution is 2.31. The zero-order valence-electron chi connectivity index (χ0n) is 13.4. The van der Waals surface area contributed by atoms with Gasteiger partial charge in [0.2, 0.25) is 5.91 Å². The normalized spacial score (nSPS) is 10.3. The number of ether oxygens (including phenoxy) is 1. The van der Waals surface area contributed by atoms with E-state index < -0.39 is 5.97 Å². The monoisotopic (exact) mass is 349 g/mol. The van der Waals surface area contributed by atoms with Crippen LogP contribution in [0.2, 0.25) is 5.02 Å². The van der Waals surface area contributed by atoms with Crippen LogP contribution in [-0.4, -0.2) is 24.1 Å². The molecule has 2 N–H and O–H groups in total. The van der Waals surface area contributed by atoms with Crippen LogP contribution in [0.4, 0.5) is 5.69 Å². The number of pyridine rings is 1. The van der Waals surface area contributed by atoms with Gasteiger partial charge in [-0.2, -0.15) is 0 Å². The van der Waals surface area contributed by atoms with Gasteiger partial charge in [0.1, 0.15) is 11.3 Å². The Morgan fingerprint density at radius 1 is 1.29 bits per heavy atom. The first kappa shape index (κ1) is 17.7. The predicted octanol–water partition coefficient (Wildman–Crippen LogP) is 2.67. The number of amides is 1. The van der Waals surface area contributed by atoms with E-state index in [4.69, 9.17) is 21.4 Å². The fraction of sp³-hybridized carbons (Fsp3) is 0.235. The number of aromatic nitrogens is 1. The number of anilines is 1. The molecule has 0 unspecified atom stereocenters. The lowest BCUT2D eigenvalue weighted by molar-refractivity contribution is -0.695. The second kappa shape index (κ2) is 7.79. The lowest BCUT2D eigenvalue weighted by atomic mass is 10.1. The molecule has 6 nitrogen and oxygen atoms in total. The van der Waals surface area contributed by atoms with Crippen LogP contribution in [0.1, 0.15) is 22.3 Å². The molecule has 0 fully saturated rings. The minimum Gasteiger partial charge on any atom is -0.496 e. The van der Waals surface area contributed by atoms with E-state index in [2.05, 4.69) is 5.32 Å². The molecule has 0 saturated carbocycles. The van der Waals surface area contributed by atoms with Gasteiger partial charge in [0.05, 0.1) is 24.2 Å². The van der Waals surface area contributed by atoms with Crippen molar-refractivity contribution in [1.82, 2.24) is 0 Å². The number of aryl methyl sites for hydroxylation is 2. The number of rotatable bonds is 6. The van der Waals surface area contributed by atoms with Crippen molar-refractivity contribution in [3.8, 4) is 5.75 Å². The van der Waals surface area contributed by atoms with Crippen molar-refractivity contribution in [2.45, 2.75) is 19.9 Å². The summed E-state index contributed by atoms with van der Waals surface area (Å²) in [6, 6.07) is 6.59. The van der Waals surface area contributed by atoms with Crippen molar-refractivity contribution in [2.75, 3.05) is 12.4 Å². The average Bonchev–Trinajstić information content (AvgIpc) is 2.55. The fourth-order valence-electron chi connectivity index (χ4n) is 2.11. The smallest absolute Gasteiger partial charge is 0.339 e. The van der Waals surface area contributed by atoms with Gasteiger partial charge < -0.3 is 15.2 Å². The fourth-order valence-corrected chi connectivity index (χ4v) is 2.32. The summed E-state index contributed by atoms with van der Waals surface area (Å²) in [4.78, 5) is 23.2. The highest BCUT2D eigenvalue weighted by Gasteiger charge is 2.16. The molecule has 0 aliphatic carbocycles. The first-order chi connectivity index (χ1) is 11.4. The summed E-state index contributed by atoms with van der Waals surface area (Å²) in [5.41, 5.74) is 1.40. The zero-order valence-corrected chi connectivity index (χ0v) is 14.1. The van der Waals surface area contributed by atoms with Crippen LogP contribution < -0.4 is 14.6 Å². The molecule has 7 heteroatoms. The number of carbonyl (C=O) groups is 2. The maximum absolute atomic E-state index is 12.1. The SMILES string of the molecule is COc1cc(NC(=O)CC[n+]2ccc(C)cc2)c(Cl)cc1C(=O)O. The highest BCUT2D eigenvalue weighted by molar-refractivity contribution is 6.34. The molecule has 0 aliphatic rings. The third-order valence-corrected chi connectivity index (χ3v) is 3.76. The van der Waals surface area contributed by atoms with Crippen molar-refractivity contribution in [2.24, 2.45) is 0 Å². The summed E-state index contributed by atoms with van der Waals surface area (Å²) in [5.74, 6) is -1.24. The molecule has 0 bridgehead atoms. The van der Waals surface area contributed by atoms with Gasteiger partial charge in [-0.25, -0.2) is 9.36 Å². The number of hydrogen-bond donors (Lipinski definition) is 2. The van der Waals surface area contributed by atoms with Crippen LogP contribution in [0.15, 0.2) is 36.7 Å². The molecular formula is C17H18ClN2O4+. The number of aromatic carboxylic acids is 1. The third-order valence-electron chi connectivity index (χ3n) is 3.45. The number of halogens is 1. The summed E-state index contributed by atoms with van der Waals surface area (Å²) in [6.45, 7) is 2.52. The van der Waals surface area contributed by atoms with E-state index in [1.807, 2.05) is 36.0 Å². The largest absolute Gasteiger partial charge is 0.496 e. The van der Waals surface area contributed by atoms with Crippen LogP contribution >= 0.6 is 11.6 Å². The van der Waals surface area contributed by atoms with E-state index in [9.17, 15) is 9.59 Å². The number of carbonyl (C=O) groups excluding carboxylic acids is 1. The van der Waals surface area contributed by atoms with E-state index >= 15 is 0 Å². The van der Waals surface area contributed by atoms with E-state index in [1.54, 1.807) is 0 Å². The van der Waals surface area contributed by atoms with Gasteiger partial charge >= 0.3 is 5.97 Å². The maximum Gasteiger partial charge on any atom is 0.339 e. The van der Waals surface area contributed by atoms with Gasteiger partial charge in [-0.15, -0.1) is 0 Å². The van der Waals surface area contributed by atoms with Gasteiger partial charge in [-0.3, -0.25) is 4.79 Å². The van der Waals surface area contributed by atoms with Crippen molar-refractivity contribution in [3.63, 3.8) is 0 Å². The molecule has 1 aromatic carbocycles. The summed E-state index contributed by atoms with van der Waals surface area (Å²) >= 11 is 6.04. The second-order valence-corrected chi connectivity index (χ2v) is 5.66. The molecule has 24 heavy (non-hydrogen) atoms. The topological polar surface area (TPSA) is 79.5 Å². The molecule has 0 aliphatic heterocycles. The summed E-state index contributed by atoms with van der Waals surface area (Å²) in [6.07, 6.45) is 4.06. The van der Waals surface area contributed by atoms with Gasteiger partial charge in [0.15, 0.2) is 18.9 Å². The molecule has 2 rings (SSSR count). The van der Waals surface area contributed by atoms with E-state index in [0.717, 1.165) is 5.56 Å². The number of nitrogens with one attached hydrogen (secondary N) is 1. The molecule has 126 valence electrons. The van der Waals surface area contributed by atoms with E-state index in [-0.39, 0.29) is 28.7 Å². The Labute approximate surface area is 144 Å². The lowest BCUT2D eigenvalue weighted by Gasteiger charge is -2.11. The summed E-state index contributed by atoms with van der Waals surface area (Å²) < 4.78 is 6.93. The minimum absolute atomic E-state index is 0.0595. The van der Waals surface area contributed by atoms with Crippen LogP contribution in [0.25, 0.3) is 0 Å². The predicted molar refractivity (Wildman–Crippen MR) is 89.6 cm³/mol.